The van der Waals surface area contributed by atoms with Crippen LogP contribution in [-0.4, -0.2) is 33.6 Å². The molecule has 25 heavy (non-hydrogen) atoms. The van der Waals surface area contributed by atoms with Crippen LogP contribution in [0, 0.1) is 5.92 Å². The van der Waals surface area contributed by atoms with Gasteiger partial charge in [-0.3, -0.25) is 0 Å². The van der Waals surface area contributed by atoms with Crippen molar-refractivity contribution >= 4 is 15.8 Å². The molecule has 1 aliphatic heterocycles. The van der Waals surface area contributed by atoms with Crippen molar-refractivity contribution in [1.82, 2.24) is 4.98 Å². The van der Waals surface area contributed by atoms with E-state index in [1.54, 1.807) is 19.4 Å². The molecule has 1 aliphatic rings. The van der Waals surface area contributed by atoms with E-state index >= 15 is 0 Å². The number of aromatic nitrogens is 1. The predicted octanol–water partition coefficient (Wildman–Crippen LogP) is 2.20. The van der Waals surface area contributed by atoms with E-state index in [2.05, 4.69) is 17.1 Å². The Morgan fingerprint density at radius 2 is 2.00 bits per heavy atom. The van der Waals surface area contributed by atoms with Gasteiger partial charge in [0.2, 0.25) is 10.0 Å². The Morgan fingerprint density at radius 1 is 1.24 bits per heavy atom. The van der Waals surface area contributed by atoms with Crippen LogP contribution in [0.2, 0.25) is 0 Å². The van der Waals surface area contributed by atoms with Gasteiger partial charge in [0.15, 0.2) is 0 Å². The van der Waals surface area contributed by atoms with Gasteiger partial charge in [0, 0.05) is 19.3 Å². The van der Waals surface area contributed by atoms with Gasteiger partial charge >= 0.3 is 0 Å². The second kappa shape index (κ2) is 7.41. The summed E-state index contributed by atoms with van der Waals surface area (Å²) < 4.78 is 28.8. The number of primary sulfonamides is 1. The van der Waals surface area contributed by atoms with Gasteiger partial charge in [0.25, 0.3) is 0 Å². The fourth-order valence-corrected chi connectivity index (χ4v) is 4.03. The number of hydrogen-bond acceptors (Lipinski definition) is 5. The molecule has 2 N–H and O–H groups in total. The first-order valence-electron chi connectivity index (χ1n) is 8.33. The van der Waals surface area contributed by atoms with E-state index in [1.807, 2.05) is 17.0 Å². The number of benzene rings is 1. The molecule has 1 aromatic heterocycles. The van der Waals surface area contributed by atoms with Crippen molar-refractivity contribution in [1.29, 1.82) is 0 Å². The summed E-state index contributed by atoms with van der Waals surface area (Å²) >= 11 is 0. The van der Waals surface area contributed by atoms with Gasteiger partial charge in [-0.25, -0.2) is 18.5 Å². The van der Waals surface area contributed by atoms with E-state index in [0.717, 1.165) is 38.1 Å². The summed E-state index contributed by atoms with van der Waals surface area (Å²) in [5, 5.41) is 5.31. The minimum atomic E-state index is -3.77. The third-order valence-electron chi connectivity index (χ3n) is 4.63. The maximum Gasteiger partial charge on any atom is 0.241 e. The highest BCUT2D eigenvalue weighted by atomic mass is 32.2. The molecule has 6 nitrogen and oxygen atoms in total. The maximum absolute atomic E-state index is 11.8. The van der Waals surface area contributed by atoms with Gasteiger partial charge in [-0.05, 0) is 55.0 Å². The molecule has 0 spiro atoms. The van der Waals surface area contributed by atoms with Crippen molar-refractivity contribution in [3.8, 4) is 5.75 Å². The van der Waals surface area contributed by atoms with Gasteiger partial charge < -0.3 is 9.64 Å². The van der Waals surface area contributed by atoms with E-state index in [9.17, 15) is 8.42 Å². The lowest BCUT2D eigenvalue weighted by atomic mass is 9.90. The van der Waals surface area contributed by atoms with Gasteiger partial charge in [-0.15, -0.1) is 0 Å². The molecule has 1 fully saturated rings. The Morgan fingerprint density at radius 3 is 2.68 bits per heavy atom. The fraction of sp³-hybridized carbons (Fsp3) is 0.389. The standard InChI is InChI=1S/C18H23N3O3S/c1-24-16-5-2-4-15(13-16)12-14-7-10-21(11-8-14)18-17(25(19,22)23)6-3-9-20-18/h2-6,9,13-14H,7-8,10-12H2,1H3,(H2,19,22,23). The summed E-state index contributed by atoms with van der Waals surface area (Å²) in [4.78, 5) is 6.36. The van der Waals surface area contributed by atoms with Gasteiger partial charge in [0.05, 0.1) is 7.11 Å². The SMILES string of the molecule is COc1cccc(CC2CCN(c3ncccc3S(N)(=O)=O)CC2)c1. The number of sulfonamides is 1. The second-order valence-corrected chi connectivity index (χ2v) is 7.89. The molecule has 134 valence electrons. The van der Waals surface area contributed by atoms with Crippen molar-refractivity contribution in [3.05, 3.63) is 48.2 Å². The van der Waals surface area contributed by atoms with E-state index in [0.29, 0.717) is 11.7 Å². The normalized spacial score (nSPS) is 16.0. The van der Waals surface area contributed by atoms with Crippen LogP contribution in [0.15, 0.2) is 47.5 Å². The lowest BCUT2D eigenvalue weighted by Crippen LogP contribution is -2.36. The molecule has 0 saturated carbocycles. The minimum Gasteiger partial charge on any atom is -0.497 e. The van der Waals surface area contributed by atoms with Crippen LogP contribution in [0.25, 0.3) is 0 Å². The van der Waals surface area contributed by atoms with E-state index in [1.165, 1.54) is 11.6 Å². The van der Waals surface area contributed by atoms with Crippen LogP contribution in [0.5, 0.6) is 5.75 Å². The summed E-state index contributed by atoms with van der Waals surface area (Å²) in [5.41, 5.74) is 1.26. The molecule has 0 unspecified atom stereocenters. The molecule has 7 heteroatoms. The van der Waals surface area contributed by atoms with Crippen molar-refractivity contribution in [2.75, 3.05) is 25.1 Å². The van der Waals surface area contributed by atoms with Gasteiger partial charge in [-0.2, -0.15) is 0 Å². The first-order valence-corrected chi connectivity index (χ1v) is 9.87. The molecule has 1 aromatic carbocycles. The lowest BCUT2D eigenvalue weighted by molar-refractivity contribution is 0.397. The number of nitrogens with two attached hydrogens (primary N) is 1. The average Bonchev–Trinajstić information content (AvgIpc) is 2.62. The zero-order valence-electron chi connectivity index (χ0n) is 14.3. The molecule has 0 radical (unpaired) electrons. The number of pyridine rings is 1. The van der Waals surface area contributed by atoms with Crippen LogP contribution < -0.4 is 14.8 Å². The topological polar surface area (TPSA) is 85.5 Å². The Kier molecular flexibility index (Phi) is 5.24. The number of rotatable bonds is 5. The minimum absolute atomic E-state index is 0.0984. The van der Waals surface area contributed by atoms with Crippen LogP contribution in [0.4, 0.5) is 5.82 Å². The number of hydrogen-bond donors (Lipinski definition) is 1. The lowest BCUT2D eigenvalue weighted by Gasteiger charge is -2.33. The molecule has 0 amide bonds. The number of ether oxygens (including phenoxy) is 1. The zero-order chi connectivity index (χ0) is 17.9. The van der Waals surface area contributed by atoms with Gasteiger partial charge in [0.1, 0.15) is 16.5 Å². The number of piperidine rings is 1. The Labute approximate surface area is 148 Å². The van der Waals surface area contributed by atoms with Crippen molar-refractivity contribution in [2.45, 2.75) is 24.2 Å². The molecule has 1 saturated heterocycles. The summed E-state index contributed by atoms with van der Waals surface area (Å²) in [6.45, 7) is 1.54. The van der Waals surface area contributed by atoms with E-state index in [-0.39, 0.29) is 4.90 Å². The van der Waals surface area contributed by atoms with Crippen LogP contribution in [0.1, 0.15) is 18.4 Å². The Bertz CT molecular complexity index is 831. The third kappa shape index (κ3) is 4.29. The first kappa shape index (κ1) is 17.7. The van der Waals surface area contributed by atoms with Crippen molar-refractivity contribution < 1.29 is 13.2 Å². The largest absolute Gasteiger partial charge is 0.497 e. The molecule has 3 rings (SSSR count). The highest BCUT2D eigenvalue weighted by Crippen LogP contribution is 2.28. The maximum atomic E-state index is 11.8. The summed E-state index contributed by atoms with van der Waals surface area (Å²) in [5.74, 6) is 1.90. The first-order chi connectivity index (χ1) is 12.0. The number of methoxy groups -OCH3 is 1. The quantitative estimate of drug-likeness (QED) is 0.882. The second-order valence-electron chi connectivity index (χ2n) is 6.36. The summed E-state index contributed by atoms with van der Waals surface area (Å²) in [6.07, 6.45) is 4.57. The predicted molar refractivity (Wildman–Crippen MR) is 97.2 cm³/mol. The van der Waals surface area contributed by atoms with Crippen LogP contribution >= 0.6 is 0 Å². The summed E-state index contributed by atoms with van der Waals surface area (Å²) in [6, 6.07) is 11.3. The number of nitrogens with zero attached hydrogens (tertiary/aromatic N) is 2. The van der Waals surface area contributed by atoms with Crippen LogP contribution in [-0.2, 0) is 16.4 Å². The highest BCUT2D eigenvalue weighted by Gasteiger charge is 2.25. The van der Waals surface area contributed by atoms with E-state index in [4.69, 9.17) is 9.88 Å². The molecule has 0 bridgehead atoms. The summed E-state index contributed by atoms with van der Waals surface area (Å²) in [7, 11) is -2.10. The van der Waals surface area contributed by atoms with E-state index < -0.39 is 10.0 Å². The van der Waals surface area contributed by atoms with Gasteiger partial charge in [-0.1, -0.05) is 12.1 Å². The zero-order valence-corrected chi connectivity index (χ0v) is 15.1. The molecule has 2 aromatic rings. The Balaban J connectivity index is 1.66. The van der Waals surface area contributed by atoms with Crippen molar-refractivity contribution in [2.24, 2.45) is 11.1 Å². The fourth-order valence-electron chi connectivity index (χ4n) is 3.32. The van der Waals surface area contributed by atoms with Crippen LogP contribution in [0.3, 0.4) is 0 Å². The molecule has 0 aliphatic carbocycles. The highest BCUT2D eigenvalue weighted by molar-refractivity contribution is 7.89. The molecular weight excluding hydrogens is 338 g/mol. The third-order valence-corrected chi connectivity index (χ3v) is 5.56. The molecule has 0 atom stereocenters. The average molecular weight is 361 g/mol. The number of anilines is 1. The monoisotopic (exact) mass is 361 g/mol. The smallest absolute Gasteiger partial charge is 0.241 e. The molecule has 2 heterocycles. The Hall–Kier alpha value is -2.12. The molecular formula is C18H23N3O3S. The van der Waals surface area contributed by atoms with Crippen molar-refractivity contribution in [3.63, 3.8) is 0 Å².